The second-order valence-corrected chi connectivity index (χ2v) is 7.44. The van der Waals surface area contributed by atoms with Gasteiger partial charge in [-0.25, -0.2) is 14.5 Å². The molecule has 1 saturated heterocycles. The highest BCUT2D eigenvalue weighted by atomic mass is 15.1. The molecule has 2 aliphatic rings. The number of rotatable bonds is 3. The van der Waals surface area contributed by atoms with Crippen molar-refractivity contribution in [3.63, 3.8) is 0 Å². The third-order valence-corrected chi connectivity index (χ3v) is 5.18. The molecule has 25 heavy (non-hydrogen) atoms. The van der Waals surface area contributed by atoms with Gasteiger partial charge in [0.2, 0.25) is 5.95 Å². The fourth-order valence-corrected chi connectivity index (χ4v) is 4.00. The summed E-state index contributed by atoms with van der Waals surface area (Å²) in [7, 11) is 0. The molecule has 0 spiro atoms. The Morgan fingerprint density at radius 3 is 2.76 bits per heavy atom. The van der Waals surface area contributed by atoms with E-state index >= 15 is 0 Å². The molecule has 1 aromatic carbocycles. The predicted molar refractivity (Wildman–Crippen MR) is 101 cm³/mol. The SMILES string of the molecule is Cc1cc(C)cc(Nc2ncc3c(n2)C=[N+]([C@@H]2CCNC[C@@H]2C)C3)c1. The van der Waals surface area contributed by atoms with Crippen molar-refractivity contribution in [1.82, 2.24) is 15.3 Å². The largest absolute Gasteiger partial charge is 0.324 e. The molecule has 1 aromatic heterocycles. The minimum Gasteiger partial charge on any atom is -0.324 e. The van der Waals surface area contributed by atoms with Gasteiger partial charge in [0.15, 0.2) is 18.8 Å². The molecule has 2 N–H and O–H groups in total. The maximum absolute atomic E-state index is 4.74. The van der Waals surface area contributed by atoms with Crippen molar-refractivity contribution < 1.29 is 4.58 Å². The van der Waals surface area contributed by atoms with Gasteiger partial charge in [-0.2, -0.15) is 0 Å². The van der Waals surface area contributed by atoms with Crippen LogP contribution < -0.4 is 10.6 Å². The van der Waals surface area contributed by atoms with Crippen LogP contribution >= 0.6 is 0 Å². The fraction of sp³-hybridized carbons (Fsp3) is 0.450. The summed E-state index contributed by atoms with van der Waals surface area (Å²) in [5.41, 5.74) is 5.78. The first-order valence-electron chi connectivity index (χ1n) is 9.11. The van der Waals surface area contributed by atoms with E-state index in [1.165, 1.54) is 23.1 Å². The highest BCUT2D eigenvalue weighted by Crippen LogP contribution is 2.23. The molecular formula is C20H26N5+. The van der Waals surface area contributed by atoms with Crippen molar-refractivity contribution in [3.8, 4) is 0 Å². The highest BCUT2D eigenvalue weighted by Gasteiger charge is 2.34. The Balaban J connectivity index is 1.55. The topological polar surface area (TPSA) is 52.9 Å². The molecule has 0 saturated carbocycles. The quantitative estimate of drug-likeness (QED) is 0.847. The van der Waals surface area contributed by atoms with Crippen LogP contribution in [-0.4, -0.2) is 39.9 Å². The van der Waals surface area contributed by atoms with Gasteiger partial charge in [0.25, 0.3) is 0 Å². The van der Waals surface area contributed by atoms with Gasteiger partial charge >= 0.3 is 0 Å². The molecule has 0 radical (unpaired) electrons. The number of aromatic nitrogens is 2. The van der Waals surface area contributed by atoms with E-state index in [4.69, 9.17) is 4.98 Å². The molecule has 2 aromatic rings. The Morgan fingerprint density at radius 1 is 1.20 bits per heavy atom. The highest BCUT2D eigenvalue weighted by molar-refractivity contribution is 5.77. The van der Waals surface area contributed by atoms with Crippen LogP contribution in [0.4, 0.5) is 11.6 Å². The zero-order valence-corrected chi connectivity index (χ0v) is 15.2. The van der Waals surface area contributed by atoms with E-state index in [0.717, 1.165) is 31.0 Å². The predicted octanol–water partition coefficient (Wildman–Crippen LogP) is 2.78. The van der Waals surface area contributed by atoms with E-state index in [-0.39, 0.29) is 0 Å². The molecule has 5 nitrogen and oxygen atoms in total. The molecule has 0 bridgehead atoms. The molecule has 3 heterocycles. The number of nitrogens with zero attached hydrogens (tertiary/aromatic N) is 3. The van der Waals surface area contributed by atoms with E-state index in [2.05, 4.69) is 65.4 Å². The number of aryl methyl sites for hydroxylation is 2. The third kappa shape index (κ3) is 3.42. The molecule has 0 unspecified atom stereocenters. The number of anilines is 2. The second kappa shape index (κ2) is 6.56. The number of nitrogens with one attached hydrogen (secondary N) is 2. The average molecular weight is 336 g/mol. The van der Waals surface area contributed by atoms with Gasteiger partial charge < -0.3 is 10.6 Å². The van der Waals surface area contributed by atoms with Gasteiger partial charge in [-0.05, 0) is 37.1 Å². The Hall–Kier alpha value is -2.27. The maximum atomic E-state index is 4.74. The first-order valence-corrected chi connectivity index (χ1v) is 9.11. The van der Waals surface area contributed by atoms with Crippen LogP contribution in [0.15, 0.2) is 24.4 Å². The number of piperidine rings is 1. The minimum absolute atomic E-state index is 0.589. The summed E-state index contributed by atoms with van der Waals surface area (Å²) in [6.07, 6.45) is 5.37. The average Bonchev–Trinajstić information content (AvgIpc) is 2.97. The summed E-state index contributed by atoms with van der Waals surface area (Å²) < 4.78 is 2.45. The van der Waals surface area contributed by atoms with Gasteiger partial charge in [0.05, 0.1) is 5.56 Å². The van der Waals surface area contributed by atoms with Gasteiger partial charge in [0.1, 0.15) is 5.69 Å². The number of hydrogen-bond acceptors (Lipinski definition) is 4. The molecule has 0 amide bonds. The van der Waals surface area contributed by atoms with Crippen molar-refractivity contribution in [2.45, 2.75) is 39.8 Å². The lowest BCUT2D eigenvalue weighted by molar-refractivity contribution is -0.583. The van der Waals surface area contributed by atoms with Crippen LogP contribution in [-0.2, 0) is 6.54 Å². The minimum atomic E-state index is 0.589. The molecule has 1 fully saturated rings. The summed E-state index contributed by atoms with van der Waals surface area (Å²) in [5, 5.41) is 6.82. The van der Waals surface area contributed by atoms with Crippen LogP contribution in [0.5, 0.6) is 0 Å². The standard InChI is InChI=1S/C20H26N5/c1-13-6-14(2)8-17(7-13)23-20-22-10-16-11-25(12-18(16)24-20)19-4-5-21-9-15(19)3/h6-8,10,12,15,19,21H,4-5,9,11H2,1-3H3,(H,22,23,24)/q+1/t15-,19+/m0/s1. The lowest BCUT2D eigenvalue weighted by Gasteiger charge is -2.26. The van der Waals surface area contributed by atoms with E-state index in [1.54, 1.807) is 0 Å². The van der Waals surface area contributed by atoms with Crippen LogP contribution in [0.3, 0.4) is 0 Å². The van der Waals surface area contributed by atoms with Crippen LogP contribution in [0.2, 0.25) is 0 Å². The normalized spacial score (nSPS) is 22.4. The summed E-state index contributed by atoms with van der Waals surface area (Å²) >= 11 is 0. The molecule has 130 valence electrons. The van der Waals surface area contributed by atoms with Crippen molar-refractivity contribution in [2.24, 2.45) is 5.92 Å². The first-order chi connectivity index (χ1) is 12.1. The van der Waals surface area contributed by atoms with Crippen molar-refractivity contribution in [3.05, 3.63) is 46.8 Å². The lowest BCUT2D eigenvalue weighted by atomic mass is 9.95. The maximum Gasteiger partial charge on any atom is 0.227 e. The zero-order valence-electron chi connectivity index (χ0n) is 15.2. The van der Waals surface area contributed by atoms with Crippen molar-refractivity contribution in [1.29, 1.82) is 0 Å². The Morgan fingerprint density at radius 2 is 2.00 bits per heavy atom. The number of fused-ring (bicyclic) bond motifs is 1. The summed E-state index contributed by atoms with van der Waals surface area (Å²) in [6, 6.07) is 7.00. The van der Waals surface area contributed by atoms with Gasteiger partial charge in [-0.3, -0.25) is 0 Å². The Bertz CT molecular complexity index is 807. The van der Waals surface area contributed by atoms with Crippen LogP contribution in [0.1, 0.15) is 35.7 Å². The van der Waals surface area contributed by atoms with Crippen LogP contribution in [0.25, 0.3) is 0 Å². The van der Waals surface area contributed by atoms with E-state index in [9.17, 15) is 0 Å². The Kier molecular flexibility index (Phi) is 4.25. The van der Waals surface area contributed by atoms with Crippen molar-refractivity contribution in [2.75, 3.05) is 18.4 Å². The zero-order chi connectivity index (χ0) is 17.4. The smallest absolute Gasteiger partial charge is 0.227 e. The summed E-state index contributed by atoms with van der Waals surface area (Å²) in [4.78, 5) is 9.27. The summed E-state index contributed by atoms with van der Waals surface area (Å²) in [5.74, 6) is 1.32. The number of hydrogen-bond donors (Lipinski definition) is 2. The summed E-state index contributed by atoms with van der Waals surface area (Å²) in [6.45, 7) is 9.65. The van der Waals surface area contributed by atoms with E-state index in [1.807, 2.05) is 6.20 Å². The lowest BCUT2D eigenvalue weighted by Crippen LogP contribution is -2.44. The second-order valence-electron chi connectivity index (χ2n) is 7.44. The molecule has 2 aliphatic heterocycles. The number of benzene rings is 1. The fourth-order valence-electron chi connectivity index (χ4n) is 4.00. The molecule has 4 rings (SSSR count). The van der Waals surface area contributed by atoms with E-state index in [0.29, 0.717) is 17.9 Å². The van der Waals surface area contributed by atoms with Crippen molar-refractivity contribution >= 4 is 17.9 Å². The van der Waals surface area contributed by atoms with E-state index < -0.39 is 0 Å². The molecule has 0 aliphatic carbocycles. The molecular weight excluding hydrogens is 310 g/mol. The van der Waals surface area contributed by atoms with Gasteiger partial charge in [0, 0.05) is 37.3 Å². The third-order valence-electron chi connectivity index (χ3n) is 5.18. The van der Waals surface area contributed by atoms with Crippen LogP contribution in [0, 0.1) is 19.8 Å². The molecule has 2 atom stereocenters. The Labute approximate surface area is 149 Å². The van der Waals surface area contributed by atoms with Gasteiger partial charge in [-0.15, -0.1) is 0 Å². The first kappa shape index (κ1) is 16.2. The van der Waals surface area contributed by atoms with Gasteiger partial charge in [-0.1, -0.05) is 13.0 Å². The molecule has 5 heteroatoms. The monoisotopic (exact) mass is 336 g/mol.